The molecule has 0 aliphatic carbocycles. The SMILES string of the molecule is CC(C)NC(=N)Nc1ccnn1C. The van der Waals surface area contributed by atoms with Crippen LogP contribution in [0.25, 0.3) is 0 Å². The maximum atomic E-state index is 7.53. The van der Waals surface area contributed by atoms with Crippen LogP contribution < -0.4 is 10.6 Å². The number of aryl methyl sites for hydroxylation is 1. The lowest BCUT2D eigenvalue weighted by Crippen LogP contribution is -2.35. The summed E-state index contributed by atoms with van der Waals surface area (Å²) in [7, 11) is 1.82. The molecule has 1 aromatic rings. The van der Waals surface area contributed by atoms with Crippen molar-refractivity contribution in [1.82, 2.24) is 15.1 Å². The van der Waals surface area contributed by atoms with Gasteiger partial charge in [0.2, 0.25) is 0 Å². The highest BCUT2D eigenvalue weighted by molar-refractivity contribution is 5.90. The van der Waals surface area contributed by atoms with Gasteiger partial charge in [0.25, 0.3) is 0 Å². The lowest BCUT2D eigenvalue weighted by atomic mass is 10.4. The van der Waals surface area contributed by atoms with Gasteiger partial charge in [-0.15, -0.1) is 0 Å². The van der Waals surface area contributed by atoms with Gasteiger partial charge >= 0.3 is 0 Å². The number of hydrogen-bond acceptors (Lipinski definition) is 2. The summed E-state index contributed by atoms with van der Waals surface area (Å²) in [6.45, 7) is 3.97. The number of hydrogen-bond donors (Lipinski definition) is 3. The number of guanidine groups is 1. The number of aromatic nitrogens is 2. The Bertz CT molecular complexity index is 288. The van der Waals surface area contributed by atoms with Crippen molar-refractivity contribution >= 4 is 11.8 Å². The summed E-state index contributed by atoms with van der Waals surface area (Å²) in [5.41, 5.74) is 0. The molecule has 3 N–H and O–H groups in total. The highest BCUT2D eigenvalue weighted by atomic mass is 15.3. The van der Waals surface area contributed by atoms with Gasteiger partial charge in [0.15, 0.2) is 5.96 Å². The predicted molar refractivity (Wildman–Crippen MR) is 52.8 cm³/mol. The number of rotatable bonds is 2. The zero-order valence-corrected chi connectivity index (χ0v) is 8.13. The first-order chi connectivity index (χ1) is 6.09. The normalized spacial score (nSPS) is 10.2. The van der Waals surface area contributed by atoms with Crippen LogP contribution in [0.1, 0.15) is 13.8 Å². The molecule has 0 amide bonds. The standard InChI is InChI=1S/C8H15N5/c1-6(2)11-8(9)12-7-4-5-10-13(7)3/h4-6H,1-3H3,(H3,9,11,12). The van der Waals surface area contributed by atoms with Crippen LogP contribution in [0.3, 0.4) is 0 Å². The zero-order valence-electron chi connectivity index (χ0n) is 8.13. The van der Waals surface area contributed by atoms with E-state index in [0.29, 0.717) is 5.96 Å². The summed E-state index contributed by atoms with van der Waals surface area (Å²) in [6.07, 6.45) is 1.69. The molecule has 0 radical (unpaired) electrons. The van der Waals surface area contributed by atoms with Crippen molar-refractivity contribution in [1.29, 1.82) is 5.41 Å². The third-order valence-electron chi connectivity index (χ3n) is 1.51. The number of anilines is 1. The second-order valence-electron chi connectivity index (χ2n) is 3.14. The van der Waals surface area contributed by atoms with Crippen molar-refractivity contribution < 1.29 is 0 Å². The molecule has 0 aliphatic rings. The van der Waals surface area contributed by atoms with E-state index >= 15 is 0 Å². The van der Waals surface area contributed by atoms with Crippen LogP contribution in [0.15, 0.2) is 12.3 Å². The van der Waals surface area contributed by atoms with Gasteiger partial charge in [-0.05, 0) is 13.8 Å². The molecule has 72 valence electrons. The molecule has 0 unspecified atom stereocenters. The van der Waals surface area contributed by atoms with E-state index in [0.717, 1.165) is 5.82 Å². The Hall–Kier alpha value is -1.52. The molecule has 0 bridgehead atoms. The summed E-state index contributed by atoms with van der Waals surface area (Å²) in [5.74, 6) is 1.09. The van der Waals surface area contributed by atoms with Gasteiger partial charge in [-0.2, -0.15) is 5.10 Å². The fourth-order valence-electron chi connectivity index (χ4n) is 0.949. The summed E-state index contributed by atoms with van der Waals surface area (Å²) in [6, 6.07) is 2.07. The monoisotopic (exact) mass is 181 g/mol. The second-order valence-corrected chi connectivity index (χ2v) is 3.14. The molecule has 0 spiro atoms. The van der Waals surface area contributed by atoms with E-state index in [1.165, 1.54) is 0 Å². The first kappa shape index (κ1) is 9.57. The minimum atomic E-state index is 0.258. The largest absolute Gasteiger partial charge is 0.354 e. The highest BCUT2D eigenvalue weighted by Gasteiger charge is 2.01. The van der Waals surface area contributed by atoms with Gasteiger partial charge in [0.1, 0.15) is 5.82 Å². The fraction of sp³-hybridized carbons (Fsp3) is 0.500. The van der Waals surface area contributed by atoms with Gasteiger partial charge in [-0.1, -0.05) is 0 Å². The average molecular weight is 181 g/mol. The van der Waals surface area contributed by atoms with Gasteiger partial charge in [-0.25, -0.2) is 0 Å². The van der Waals surface area contributed by atoms with Crippen LogP contribution in [0.2, 0.25) is 0 Å². The van der Waals surface area contributed by atoms with Crippen molar-refractivity contribution in [3.8, 4) is 0 Å². The molecule has 0 fully saturated rings. The molecule has 0 aromatic carbocycles. The Kier molecular flexibility index (Phi) is 2.89. The van der Waals surface area contributed by atoms with E-state index in [4.69, 9.17) is 5.41 Å². The first-order valence-corrected chi connectivity index (χ1v) is 4.19. The maximum Gasteiger partial charge on any atom is 0.194 e. The van der Waals surface area contributed by atoms with E-state index in [-0.39, 0.29) is 6.04 Å². The molecule has 1 aromatic heterocycles. The smallest absolute Gasteiger partial charge is 0.194 e. The van der Waals surface area contributed by atoms with Crippen molar-refractivity contribution in [2.75, 3.05) is 5.32 Å². The molecular weight excluding hydrogens is 166 g/mol. The van der Waals surface area contributed by atoms with Crippen LogP contribution in [0, 0.1) is 5.41 Å². The Morgan fingerprint density at radius 1 is 1.62 bits per heavy atom. The van der Waals surface area contributed by atoms with Crippen LogP contribution in [-0.4, -0.2) is 21.8 Å². The Labute approximate surface area is 77.6 Å². The van der Waals surface area contributed by atoms with Gasteiger partial charge in [0.05, 0.1) is 6.20 Å². The van der Waals surface area contributed by atoms with E-state index in [9.17, 15) is 0 Å². The second kappa shape index (κ2) is 3.93. The molecule has 0 aliphatic heterocycles. The zero-order chi connectivity index (χ0) is 9.84. The molecule has 1 rings (SSSR count). The van der Waals surface area contributed by atoms with Crippen LogP contribution in [0.5, 0.6) is 0 Å². The molecule has 1 heterocycles. The fourth-order valence-corrected chi connectivity index (χ4v) is 0.949. The Balaban J connectivity index is 2.50. The highest BCUT2D eigenvalue weighted by Crippen LogP contribution is 2.01. The molecule has 0 saturated carbocycles. The predicted octanol–water partition coefficient (Wildman–Crippen LogP) is 0.765. The molecule has 5 nitrogen and oxygen atoms in total. The first-order valence-electron chi connectivity index (χ1n) is 4.19. The summed E-state index contributed by atoms with van der Waals surface area (Å²) in [4.78, 5) is 0. The third-order valence-corrected chi connectivity index (χ3v) is 1.51. The van der Waals surface area contributed by atoms with Gasteiger partial charge in [-0.3, -0.25) is 10.1 Å². The Morgan fingerprint density at radius 3 is 2.77 bits per heavy atom. The van der Waals surface area contributed by atoms with Gasteiger partial charge < -0.3 is 10.6 Å². The van der Waals surface area contributed by atoms with E-state index < -0.39 is 0 Å². The summed E-state index contributed by atoms with van der Waals surface area (Å²) >= 11 is 0. The van der Waals surface area contributed by atoms with E-state index in [2.05, 4.69) is 15.7 Å². The average Bonchev–Trinajstić information content (AvgIpc) is 2.34. The molecular formula is C8H15N5. The number of nitrogens with one attached hydrogen (secondary N) is 3. The maximum absolute atomic E-state index is 7.53. The van der Waals surface area contributed by atoms with Crippen molar-refractivity contribution in [3.05, 3.63) is 12.3 Å². The quantitative estimate of drug-likeness (QED) is 0.466. The molecule has 13 heavy (non-hydrogen) atoms. The van der Waals surface area contributed by atoms with Crippen LogP contribution in [-0.2, 0) is 7.05 Å². The van der Waals surface area contributed by atoms with E-state index in [1.54, 1.807) is 10.9 Å². The van der Waals surface area contributed by atoms with Crippen molar-refractivity contribution in [2.45, 2.75) is 19.9 Å². The topological polar surface area (TPSA) is 65.7 Å². The molecule has 0 atom stereocenters. The Morgan fingerprint density at radius 2 is 2.31 bits per heavy atom. The van der Waals surface area contributed by atoms with Crippen molar-refractivity contribution in [2.24, 2.45) is 7.05 Å². The number of nitrogens with zero attached hydrogens (tertiary/aromatic N) is 2. The summed E-state index contributed by atoms with van der Waals surface area (Å²) < 4.78 is 1.68. The molecule has 5 heteroatoms. The lowest BCUT2D eigenvalue weighted by molar-refractivity contribution is 0.725. The molecule has 0 saturated heterocycles. The van der Waals surface area contributed by atoms with Crippen LogP contribution in [0.4, 0.5) is 5.82 Å². The van der Waals surface area contributed by atoms with Gasteiger partial charge in [0, 0.05) is 19.2 Å². The van der Waals surface area contributed by atoms with E-state index in [1.807, 2.05) is 27.0 Å². The minimum Gasteiger partial charge on any atom is -0.354 e. The lowest BCUT2D eigenvalue weighted by Gasteiger charge is -2.12. The summed E-state index contributed by atoms with van der Waals surface area (Å²) in [5, 5.41) is 17.3. The van der Waals surface area contributed by atoms with Crippen molar-refractivity contribution in [3.63, 3.8) is 0 Å². The van der Waals surface area contributed by atoms with Crippen LogP contribution >= 0.6 is 0 Å². The minimum absolute atomic E-state index is 0.258. The third kappa shape index (κ3) is 2.77.